The number of halogens is 3. The maximum absolute atomic E-state index is 13.1. The molecule has 8 heteroatoms. The fourth-order valence-corrected chi connectivity index (χ4v) is 4.48. The van der Waals surface area contributed by atoms with Gasteiger partial charge in [0.2, 0.25) is 6.79 Å². The van der Waals surface area contributed by atoms with Crippen molar-refractivity contribution < 1.29 is 27.8 Å². The predicted octanol–water partition coefficient (Wildman–Crippen LogP) is 5.05. The molecule has 0 bridgehead atoms. The first kappa shape index (κ1) is 21.5. The van der Waals surface area contributed by atoms with E-state index in [0.717, 1.165) is 30.9 Å². The average Bonchev–Trinajstić information content (AvgIpc) is 3.27. The van der Waals surface area contributed by atoms with E-state index < -0.39 is 17.8 Å². The minimum Gasteiger partial charge on any atom is -0.507 e. The molecule has 1 fully saturated rings. The van der Waals surface area contributed by atoms with Crippen LogP contribution >= 0.6 is 0 Å². The first-order chi connectivity index (χ1) is 15.9. The number of fused-ring (bicyclic) bond motifs is 1. The van der Waals surface area contributed by atoms with Gasteiger partial charge in [0.15, 0.2) is 11.5 Å². The van der Waals surface area contributed by atoms with E-state index in [4.69, 9.17) is 9.47 Å². The SMILES string of the molecule is Oc1cc2c(cc1[C@H](c1ccc(C(F)(F)F)cc1)N1CCN(c3ccccc3)CC1)OCO2. The summed E-state index contributed by atoms with van der Waals surface area (Å²) in [5.74, 6) is 0.994. The average molecular weight is 456 g/mol. The number of aromatic hydroxyl groups is 1. The van der Waals surface area contributed by atoms with Crippen LogP contribution in [0, 0.1) is 0 Å². The van der Waals surface area contributed by atoms with Gasteiger partial charge in [-0.3, -0.25) is 4.90 Å². The Morgan fingerprint density at radius 3 is 2.09 bits per heavy atom. The highest BCUT2D eigenvalue weighted by atomic mass is 19.4. The Hall–Kier alpha value is -3.39. The zero-order valence-electron chi connectivity index (χ0n) is 17.8. The molecule has 5 rings (SSSR count). The number of piperazine rings is 1. The third kappa shape index (κ3) is 4.30. The number of nitrogens with zero attached hydrogens (tertiary/aromatic N) is 2. The van der Waals surface area contributed by atoms with Crippen molar-refractivity contribution in [3.8, 4) is 17.2 Å². The Morgan fingerprint density at radius 1 is 0.818 bits per heavy atom. The number of hydrogen-bond donors (Lipinski definition) is 1. The monoisotopic (exact) mass is 456 g/mol. The van der Waals surface area contributed by atoms with Crippen molar-refractivity contribution >= 4 is 5.69 Å². The Bertz CT molecular complexity index is 1110. The van der Waals surface area contributed by atoms with E-state index in [0.29, 0.717) is 35.7 Å². The number of para-hydroxylation sites is 1. The second-order valence-electron chi connectivity index (χ2n) is 8.15. The number of benzene rings is 3. The lowest BCUT2D eigenvalue weighted by atomic mass is 9.94. The molecule has 0 aromatic heterocycles. The molecule has 3 aromatic carbocycles. The number of phenols is 1. The lowest BCUT2D eigenvalue weighted by Gasteiger charge is -2.40. The summed E-state index contributed by atoms with van der Waals surface area (Å²) in [6, 6.07) is 18.1. The van der Waals surface area contributed by atoms with Gasteiger partial charge < -0.3 is 19.5 Å². The van der Waals surface area contributed by atoms with E-state index in [9.17, 15) is 18.3 Å². The highest BCUT2D eigenvalue weighted by molar-refractivity contribution is 5.54. The molecule has 1 N–H and O–H groups in total. The van der Waals surface area contributed by atoms with Crippen molar-refractivity contribution in [3.05, 3.63) is 83.4 Å². The summed E-state index contributed by atoms with van der Waals surface area (Å²) in [7, 11) is 0. The molecule has 5 nitrogen and oxygen atoms in total. The van der Waals surface area contributed by atoms with Gasteiger partial charge in [-0.25, -0.2) is 0 Å². The van der Waals surface area contributed by atoms with Crippen molar-refractivity contribution in [2.24, 2.45) is 0 Å². The van der Waals surface area contributed by atoms with E-state index in [2.05, 4.69) is 21.9 Å². The summed E-state index contributed by atoms with van der Waals surface area (Å²) in [4.78, 5) is 4.46. The fourth-order valence-electron chi connectivity index (χ4n) is 4.48. The van der Waals surface area contributed by atoms with Gasteiger partial charge in [-0.2, -0.15) is 13.2 Å². The zero-order chi connectivity index (χ0) is 23.0. The number of rotatable bonds is 4. The Labute approximate surface area is 189 Å². The third-order valence-electron chi connectivity index (χ3n) is 6.17. The van der Waals surface area contributed by atoms with Crippen LogP contribution in [0.25, 0.3) is 0 Å². The molecule has 2 aliphatic heterocycles. The first-order valence-electron chi connectivity index (χ1n) is 10.7. The van der Waals surface area contributed by atoms with Crippen LogP contribution in [0.4, 0.5) is 18.9 Å². The second-order valence-corrected chi connectivity index (χ2v) is 8.15. The summed E-state index contributed by atoms with van der Waals surface area (Å²) in [5, 5.41) is 10.8. The third-order valence-corrected chi connectivity index (χ3v) is 6.17. The summed E-state index contributed by atoms with van der Waals surface area (Å²) in [5.41, 5.74) is 1.68. The summed E-state index contributed by atoms with van der Waals surface area (Å²) >= 11 is 0. The molecule has 0 amide bonds. The van der Waals surface area contributed by atoms with E-state index in [1.54, 1.807) is 6.07 Å². The molecule has 1 saturated heterocycles. The van der Waals surface area contributed by atoms with Crippen molar-refractivity contribution in [2.45, 2.75) is 12.2 Å². The summed E-state index contributed by atoms with van der Waals surface area (Å²) < 4.78 is 50.2. The van der Waals surface area contributed by atoms with Gasteiger partial charge in [-0.05, 0) is 35.9 Å². The standard InChI is InChI=1S/C25H23F3N2O3/c26-25(27,28)18-8-6-17(7-9-18)24(20-14-22-23(15-21(20)31)33-16-32-22)30-12-10-29(11-13-30)19-4-2-1-3-5-19/h1-9,14-15,24,31H,10-13,16H2/t24-/m0/s1. The maximum atomic E-state index is 13.1. The molecule has 0 spiro atoms. The fraction of sp³-hybridized carbons (Fsp3) is 0.280. The number of hydrogen-bond acceptors (Lipinski definition) is 5. The van der Waals surface area contributed by atoms with Crippen LogP contribution in [-0.4, -0.2) is 43.0 Å². The lowest BCUT2D eigenvalue weighted by Crippen LogP contribution is -2.48. The molecule has 0 saturated carbocycles. The molecular formula is C25H23F3N2O3. The van der Waals surface area contributed by atoms with Gasteiger partial charge >= 0.3 is 6.18 Å². The largest absolute Gasteiger partial charge is 0.507 e. The van der Waals surface area contributed by atoms with Gasteiger partial charge in [0, 0.05) is 43.5 Å². The molecule has 0 radical (unpaired) electrons. The number of alkyl halides is 3. The van der Waals surface area contributed by atoms with Crippen molar-refractivity contribution in [3.63, 3.8) is 0 Å². The minimum atomic E-state index is -4.41. The summed E-state index contributed by atoms with van der Waals surface area (Å²) in [6.45, 7) is 2.93. The van der Waals surface area contributed by atoms with Crippen LogP contribution in [0.3, 0.4) is 0 Å². The highest BCUT2D eigenvalue weighted by Crippen LogP contribution is 2.44. The van der Waals surface area contributed by atoms with Crippen LogP contribution in [0.5, 0.6) is 17.2 Å². The zero-order valence-corrected chi connectivity index (χ0v) is 17.8. The molecule has 1 atom stereocenters. The molecule has 172 valence electrons. The topological polar surface area (TPSA) is 45.2 Å². The molecule has 2 heterocycles. The maximum Gasteiger partial charge on any atom is 0.416 e. The van der Waals surface area contributed by atoms with Crippen LogP contribution in [0.15, 0.2) is 66.7 Å². The molecule has 0 unspecified atom stereocenters. The highest BCUT2D eigenvalue weighted by Gasteiger charge is 2.33. The Kier molecular flexibility index (Phi) is 5.54. The van der Waals surface area contributed by atoms with Crippen molar-refractivity contribution in [1.82, 2.24) is 4.90 Å². The normalized spacial score (nSPS) is 17.2. The summed E-state index contributed by atoms with van der Waals surface area (Å²) in [6.07, 6.45) is -4.41. The minimum absolute atomic E-state index is 0.0228. The molecular weight excluding hydrogens is 433 g/mol. The van der Waals surface area contributed by atoms with E-state index in [1.165, 1.54) is 18.2 Å². The quantitative estimate of drug-likeness (QED) is 0.595. The molecule has 0 aliphatic carbocycles. The van der Waals surface area contributed by atoms with Crippen LogP contribution in [0.2, 0.25) is 0 Å². The van der Waals surface area contributed by atoms with Crippen molar-refractivity contribution in [1.29, 1.82) is 0 Å². The van der Waals surface area contributed by atoms with Crippen LogP contribution in [0.1, 0.15) is 22.7 Å². The first-order valence-corrected chi connectivity index (χ1v) is 10.7. The predicted molar refractivity (Wildman–Crippen MR) is 118 cm³/mol. The van der Waals surface area contributed by atoms with Gasteiger partial charge in [-0.1, -0.05) is 30.3 Å². The number of phenolic OH excluding ortho intramolecular Hbond substituents is 1. The lowest BCUT2D eigenvalue weighted by molar-refractivity contribution is -0.137. The van der Waals surface area contributed by atoms with Gasteiger partial charge in [0.1, 0.15) is 5.75 Å². The van der Waals surface area contributed by atoms with Crippen LogP contribution in [-0.2, 0) is 6.18 Å². The molecule has 2 aliphatic rings. The van der Waals surface area contributed by atoms with Gasteiger partial charge in [-0.15, -0.1) is 0 Å². The van der Waals surface area contributed by atoms with E-state index >= 15 is 0 Å². The van der Waals surface area contributed by atoms with E-state index in [1.807, 2.05) is 18.2 Å². The smallest absolute Gasteiger partial charge is 0.416 e. The molecule has 3 aromatic rings. The number of anilines is 1. The van der Waals surface area contributed by atoms with Crippen molar-refractivity contribution in [2.75, 3.05) is 37.9 Å². The van der Waals surface area contributed by atoms with Gasteiger partial charge in [0.05, 0.1) is 11.6 Å². The van der Waals surface area contributed by atoms with Gasteiger partial charge in [0.25, 0.3) is 0 Å². The Balaban J connectivity index is 1.47. The number of ether oxygens (including phenoxy) is 2. The Morgan fingerprint density at radius 2 is 1.45 bits per heavy atom. The second kappa shape index (κ2) is 8.51. The molecule has 33 heavy (non-hydrogen) atoms. The van der Waals surface area contributed by atoms with E-state index in [-0.39, 0.29) is 12.5 Å². The van der Waals surface area contributed by atoms with Crippen LogP contribution < -0.4 is 14.4 Å².